The summed E-state index contributed by atoms with van der Waals surface area (Å²) in [5.41, 5.74) is 3.05. The van der Waals surface area contributed by atoms with Gasteiger partial charge in [0.15, 0.2) is 0 Å². The van der Waals surface area contributed by atoms with E-state index in [1.165, 1.54) is 50.9 Å². The van der Waals surface area contributed by atoms with Crippen molar-refractivity contribution in [2.24, 2.45) is 0 Å². The van der Waals surface area contributed by atoms with Crippen LogP contribution in [0.4, 0.5) is 0 Å². The molecule has 2 heteroatoms. The molecular weight excluding hydrogens is 220 g/mol. The summed E-state index contributed by atoms with van der Waals surface area (Å²) < 4.78 is 0. The van der Waals surface area contributed by atoms with Crippen molar-refractivity contribution in [1.29, 1.82) is 0 Å². The Labute approximate surface area is 110 Å². The number of hydrogen-bond donors (Lipinski definition) is 1. The molecule has 1 N–H and O–H groups in total. The normalized spacial score (nSPS) is 29.6. The molecular formula is C16H24N2. The van der Waals surface area contributed by atoms with E-state index in [0.717, 1.165) is 5.92 Å². The van der Waals surface area contributed by atoms with Crippen molar-refractivity contribution in [1.82, 2.24) is 10.2 Å². The average molecular weight is 244 g/mol. The van der Waals surface area contributed by atoms with Crippen molar-refractivity contribution >= 4 is 0 Å². The molecule has 2 fully saturated rings. The average Bonchev–Trinajstić information content (AvgIpc) is 2.93. The summed E-state index contributed by atoms with van der Waals surface area (Å²) in [6, 6.07) is 9.92. The minimum Gasteiger partial charge on any atom is -0.310 e. The first-order valence-corrected chi connectivity index (χ1v) is 7.35. The molecule has 0 radical (unpaired) electrons. The van der Waals surface area contributed by atoms with Crippen molar-refractivity contribution in [3.8, 4) is 0 Å². The molecule has 0 aliphatic carbocycles. The summed E-state index contributed by atoms with van der Waals surface area (Å²) >= 11 is 0. The molecule has 18 heavy (non-hydrogen) atoms. The van der Waals surface area contributed by atoms with Gasteiger partial charge in [0, 0.05) is 12.6 Å². The van der Waals surface area contributed by atoms with Crippen LogP contribution in [-0.2, 0) is 0 Å². The van der Waals surface area contributed by atoms with E-state index in [-0.39, 0.29) is 0 Å². The molecule has 0 amide bonds. The third-order valence-electron chi connectivity index (χ3n) is 4.47. The van der Waals surface area contributed by atoms with Crippen molar-refractivity contribution in [2.75, 3.05) is 26.7 Å². The lowest BCUT2D eigenvalue weighted by Gasteiger charge is -2.30. The Bertz CT molecular complexity index is 396. The number of nitrogens with one attached hydrogen (secondary N) is 1. The molecule has 2 atom stereocenters. The quantitative estimate of drug-likeness (QED) is 0.860. The highest BCUT2D eigenvalue weighted by atomic mass is 15.1. The van der Waals surface area contributed by atoms with E-state index < -0.39 is 0 Å². The smallest absolute Gasteiger partial charge is 0.0320 e. The second-order valence-corrected chi connectivity index (χ2v) is 5.92. The minimum atomic E-state index is 0.603. The van der Waals surface area contributed by atoms with Crippen molar-refractivity contribution in [3.05, 3.63) is 35.4 Å². The predicted molar refractivity (Wildman–Crippen MR) is 75.9 cm³/mol. The SMILES string of the molecule is CN1CCCC(c2cccc(C3CCCN3)c2)C1. The van der Waals surface area contributed by atoms with Crippen LogP contribution in [0.3, 0.4) is 0 Å². The highest BCUT2D eigenvalue weighted by Gasteiger charge is 2.21. The zero-order chi connectivity index (χ0) is 12.4. The third-order valence-corrected chi connectivity index (χ3v) is 4.47. The van der Waals surface area contributed by atoms with Crippen LogP contribution in [0.15, 0.2) is 24.3 Å². The second-order valence-electron chi connectivity index (χ2n) is 5.92. The molecule has 2 heterocycles. The lowest BCUT2D eigenvalue weighted by molar-refractivity contribution is 0.250. The molecule has 0 saturated carbocycles. The molecule has 0 bridgehead atoms. The van der Waals surface area contributed by atoms with Gasteiger partial charge in [-0.15, -0.1) is 0 Å². The van der Waals surface area contributed by atoms with Crippen LogP contribution in [0.2, 0.25) is 0 Å². The Morgan fingerprint density at radius 3 is 2.83 bits per heavy atom. The summed E-state index contributed by atoms with van der Waals surface area (Å²) in [6.07, 6.45) is 5.31. The maximum atomic E-state index is 3.60. The third kappa shape index (κ3) is 2.60. The van der Waals surface area contributed by atoms with Gasteiger partial charge >= 0.3 is 0 Å². The number of likely N-dealkylation sites (tertiary alicyclic amines) is 1. The highest BCUT2D eigenvalue weighted by molar-refractivity contribution is 5.29. The fourth-order valence-corrected chi connectivity index (χ4v) is 3.44. The Balaban J connectivity index is 1.77. The first kappa shape index (κ1) is 12.2. The molecule has 2 aliphatic heterocycles. The van der Waals surface area contributed by atoms with Crippen LogP contribution in [0.1, 0.15) is 48.8 Å². The van der Waals surface area contributed by atoms with Gasteiger partial charge in [0.05, 0.1) is 0 Å². The van der Waals surface area contributed by atoms with Crippen LogP contribution in [0.5, 0.6) is 0 Å². The Hall–Kier alpha value is -0.860. The molecule has 1 aromatic rings. The minimum absolute atomic E-state index is 0.603. The topological polar surface area (TPSA) is 15.3 Å². The first-order chi connectivity index (χ1) is 8.83. The van der Waals surface area contributed by atoms with Gasteiger partial charge in [0.2, 0.25) is 0 Å². The summed E-state index contributed by atoms with van der Waals surface area (Å²) in [5, 5.41) is 3.60. The van der Waals surface area contributed by atoms with E-state index in [4.69, 9.17) is 0 Å². The van der Waals surface area contributed by atoms with E-state index in [0.29, 0.717) is 6.04 Å². The predicted octanol–water partition coefficient (Wildman–Crippen LogP) is 2.92. The van der Waals surface area contributed by atoms with E-state index in [9.17, 15) is 0 Å². The molecule has 98 valence electrons. The first-order valence-electron chi connectivity index (χ1n) is 7.35. The summed E-state index contributed by atoms with van der Waals surface area (Å²) in [5.74, 6) is 0.741. The lowest BCUT2D eigenvalue weighted by Crippen LogP contribution is -2.30. The lowest BCUT2D eigenvalue weighted by atomic mass is 9.89. The number of nitrogens with zero attached hydrogens (tertiary/aromatic N) is 1. The number of piperidine rings is 1. The zero-order valence-electron chi connectivity index (χ0n) is 11.4. The van der Waals surface area contributed by atoms with E-state index in [2.05, 4.69) is 41.5 Å². The monoisotopic (exact) mass is 244 g/mol. The van der Waals surface area contributed by atoms with Gasteiger partial charge < -0.3 is 10.2 Å². The van der Waals surface area contributed by atoms with Gasteiger partial charge in [-0.3, -0.25) is 0 Å². The number of likely N-dealkylation sites (N-methyl/N-ethyl adjacent to an activating group) is 1. The molecule has 2 aliphatic rings. The maximum Gasteiger partial charge on any atom is 0.0320 e. The Kier molecular flexibility index (Phi) is 3.67. The number of rotatable bonds is 2. The van der Waals surface area contributed by atoms with Gasteiger partial charge in [0.25, 0.3) is 0 Å². The molecule has 1 aromatic carbocycles. The Morgan fingerprint density at radius 1 is 1.17 bits per heavy atom. The largest absolute Gasteiger partial charge is 0.310 e. The summed E-state index contributed by atoms with van der Waals surface area (Å²) in [4.78, 5) is 2.47. The van der Waals surface area contributed by atoms with Crippen molar-refractivity contribution in [2.45, 2.75) is 37.6 Å². The summed E-state index contributed by atoms with van der Waals surface area (Å²) in [6.45, 7) is 3.67. The van der Waals surface area contributed by atoms with Gasteiger partial charge in [-0.2, -0.15) is 0 Å². The van der Waals surface area contributed by atoms with E-state index >= 15 is 0 Å². The standard InChI is InChI=1S/C16H24N2/c1-18-10-4-7-15(12-18)13-5-2-6-14(11-13)16-8-3-9-17-16/h2,5-6,11,15-17H,3-4,7-10,12H2,1H3. The van der Waals surface area contributed by atoms with Crippen LogP contribution >= 0.6 is 0 Å². The van der Waals surface area contributed by atoms with Crippen LogP contribution in [-0.4, -0.2) is 31.6 Å². The number of benzene rings is 1. The zero-order valence-corrected chi connectivity index (χ0v) is 11.4. The second kappa shape index (κ2) is 5.41. The van der Waals surface area contributed by atoms with Crippen LogP contribution in [0.25, 0.3) is 0 Å². The molecule has 2 saturated heterocycles. The van der Waals surface area contributed by atoms with Crippen LogP contribution < -0.4 is 5.32 Å². The molecule has 3 rings (SSSR count). The van der Waals surface area contributed by atoms with Gasteiger partial charge in [-0.25, -0.2) is 0 Å². The molecule has 0 aromatic heterocycles. The van der Waals surface area contributed by atoms with Gasteiger partial charge in [-0.05, 0) is 62.9 Å². The van der Waals surface area contributed by atoms with E-state index in [1.54, 1.807) is 5.56 Å². The maximum absolute atomic E-state index is 3.60. The highest BCUT2D eigenvalue weighted by Crippen LogP contribution is 2.30. The van der Waals surface area contributed by atoms with Crippen molar-refractivity contribution in [3.63, 3.8) is 0 Å². The summed E-state index contributed by atoms with van der Waals surface area (Å²) in [7, 11) is 2.24. The fourth-order valence-electron chi connectivity index (χ4n) is 3.44. The Morgan fingerprint density at radius 2 is 2.06 bits per heavy atom. The van der Waals surface area contributed by atoms with E-state index in [1.807, 2.05) is 0 Å². The van der Waals surface area contributed by atoms with Gasteiger partial charge in [0.1, 0.15) is 0 Å². The molecule has 0 spiro atoms. The van der Waals surface area contributed by atoms with Crippen LogP contribution in [0, 0.1) is 0 Å². The van der Waals surface area contributed by atoms with Gasteiger partial charge in [-0.1, -0.05) is 24.3 Å². The molecule has 2 unspecified atom stereocenters. The fraction of sp³-hybridized carbons (Fsp3) is 0.625. The molecule has 2 nitrogen and oxygen atoms in total. The van der Waals surface area contributed by atoms with Crippen molar-refractivity contribution < 1.29 is 0 Å². The number of hydrogen-bond acceptors (Lipinski definition) is 2.